The Bertz CT molecular complexity index is 443. The molecule has 1 saturated carbocycles. The molecule has 110 valence electrons. The van der Waals surface area contributed by atoms with Crippen molar-refractivity contribution in [3.63, 3.8) is 0 Å². The Morgan fingerprint density at radius 3 is 2.75 bits per heavy atom. The van der Waals surface area contributed by atoms with Crippen molar-refractivity contribution in [1.29, 1.82) is 0 Å². The van der Waals surface area contributed by atoms with Gasteiger partial charge in [0, 0.05) is 31.2 Å². The van der Waals surface area contributed by atoms with Crippen LogP contribution in [0.4, 0.5) is 5.69 Å². The first kappa shape index (κ1) is 14.9. The minimum absolute atomic E-state index is 0.176. The molecule has 0 atom stereocenters. The van der Waals surface area contributed by atoms with Crippen LogP contribution in [0.1, 0.15) is 38.2 Å². The number of carbonyl (C=O) groups excluding carboxylic acids is 1. The minimum atomic E-state index is 0.176. The number of anilines is 1. The molecular weight excluding hydrogens is 250 g/mol. The Hall–Kier alpha value is -1.55. The molecule has 2 rings (SSSR count). The van der Waals surface area contributed by atoms with Gasteiger partial charge in [-0.1, -0.05) is 25.1 Å². The zero-order valence-electron chi connectivity index (χ0n) is 12.3. The van der Waals surface area contributed by atoms with Gasteiger partial charge in [0.25, 0.3) is 0 Å². The standard InChI is InChI=1S/C16H25N3O/c1-2-10-19(11-9-16(20)18-14-7-8-14)12-13-5-3-4-6-15(13)17/h3-6,14H,2,7-12,17H2,1H3,(H,18,20). The number of para-hydroxylation sites is 1. The smallest absolute Gasteiger partial charge is 0.221 e. The summed E-state index contributed by atoms with van der Waals surface area (Å²) < 4.78 is 0. The van der Waals surface area contributed by atoms with Crippen molar-refractivity contribution >= 4 is 11.6 Å². The van der Waals surface area contributed by atoms with Crippen LogP contribution in [-0.2, 0) is 11.3 Å². The van der Waals surface area contributed by atoms with Crippen molar-refractivity contribution in [2.24, 2.45) is 0 Å². The van der Waals surface area contributed by atoms with Gasteiger partial charge in [-0.05, 0) is 37.4 Å². The summed E-state index contributed by atoms with van der Waals surface area (Å²) in [7, 11) is 0. The Kier molecular flexibility index (Phi) is 5.41. The molecular formula is C16H25N3O. The number of hydrogen-bond acceptors (Lipinski definition) is 3. The first-order valence-electron chi connectivity index (χ1n) is 7.54. The topological polar surface area (TPSA) is 58.4 Å². The molecule has 1 fully saturated rings. The first-order chi connectivity index (χ1) is 9.69. The summed E-state index contributed by atoms with van der Waals surface area (Å²) >= 11 is 0. The Balaban J connectivity index is 1.82. The van der Waals surface area contributed by atoms with Crippen molar-refractivity contribution in [3.8, 4) is 0 Å². The number of nitrogen functional groups attached to an aromatic ring is 1. The van der Waals surface area contributed by atoms with Gasteiger partial charge in [0.2, 0.25) is 5.91 Å². The van der Waals surface area contributed by atoms with Crippen LogP contribution in [0.2, 0.25) is 0 Å². The number of benzene rings is 1. The molecule has 1 aliphatic carbocycles. The van der Waals surface area contributed by atoms with E-state index < -0.39 is 0 Å². The highest BCUT2D eigenvalue weighted by molar-refractivity contribution is 5.76. The third-order valence-electron chi connectivity index (χ3n) is 3.59. The summed E-state index contributed by atoms with van der Waals surface area (Å²) in [5, 5.41) is 3.04. The molecule has 1 aliphatic rings. The van der Waals surface area contributed by atoms with Crippen molar-refractivity contribution in [2.45, 2.75) is 45.2 Å². The SMILES string of the molecule is CCCN(CCC(=O)NC1CC1)Cc1ccccc1N. The van der Waals surface area contributed by atoms with Gasteiger partial charge in [-0.3, -0.25) is 9.69 Å². The van der Waals surface area contributed by atoms with E-state index in [0.717, 1.165) is 50.1 Å². The molecule has 1 aromatic carbocycles. The molecule has 0 aliphatic heterocycles. The Morgan fingerprint density at radius 1 is 1.35 bits per heavy atom. The summed E-state index contributed by atoms with van der Waals surface area (Å²) in [4.78, 5) is 14.1. The van der Waals surface area contributed by atoms with Crippen molar-refractivity contribution < 1.29 is 4.79 Å². The number of nitrogens with zero attached hydrogens (tertiary/aromatic N) is 1. The van der Waals surface area contributed by atoms with Gasteiger partial charge in [-0.15, -0.1) is 0 Å². The van der Waals surface area contributed by atoms with Gasteiger partial charge in [0.05, 0.1) is 0 Å². The lowest BCUT2D eigenvalue weighted by atomic mass is 10.1. The summed E-state index contributed by atoms with van der Waals surface area (Å²) in [5.41, 5.74) is 7.96. The van der Waals surface area contributed by atoms with Gasteiger partial charge in [-0.2, -0.15) is 0 Å². The third-order valence-corrected chi connectivity index (χ3v) is 3.59. The molecule has 4 nitrogen and oxygen atoms in total. The summed E-state index contributed by atoms with van der Waals surface area (Å²) in [6.45, 7) is 4.76. The fourth-order valence-corrected chi connectivity index (χ4v) is 2.29. The fraction of sp³-hybridized carbons (Fsp3) is 0.562. The number of rotatable bonds is 8. The largest absolute Gasteiger partial charge is 0.398 e. The lowest BCUT2D eigenvalue weighted by Crippen LogP contribution is -2.32. The molecule has 0 bridgehead atoms. The molecule has 0 spiro atoms. The number of amides is 1. The summed E-state index contributed by atoms with van der Waals surface area (Å²) in [5.74, 6) is 0.176. The predicted octanol–water partition coefficient (Wildman–Crippen LogP) is 2.15. The van der Waals surface area contributed by atoms with Crippen molar-refractivity contribution in [3.05, 3.63) is 29.8 Å². The van der Waals surface area contributed by atoms with Crippen LogP contribution in [0, 0.1) is 0 Å². The van der Waals surface area contributed by atoms with Gasteiger partial charge in [-0.25, -0.2) is 0 Å². The maximum atomic E-state index is 11.8. The van der Waals surface area contributed by atoms with Crippen LogP contribution in [0.5, 0.6) is 0 Å². The summed E-state index contributed by atoms with van der Waals surface area (Å²) in [6, 6.07) is 8.40. The molecule has 0 radical (unpaired) electrons. The van der Waals surface area contributed by atoms with E-state index in [1.165, 1.54) is 0 Å². The normalized spacial score (nSPS) is 14.5. The first-order valence-corrected chi connectivity index (χ1v) is 7.54. The highest BCUT2D eigenvalue weighted by Crippen LogP contribution is 2.19. The van der Waals surface area contributed by atoms with E-state index in [9.17, 15) is 4.79 Å². The number of hydrogen-bond donors (Lipinski definition) is 2. The average molecular weight is 275 g/mol. The monoisotopic (exact) mass is 275 g/mol. The Morgan fingerprint density at radius 2 is 2.10 bits per heavy atom. The van der Waals surface area contributed by atoms with Gasteiger partial charge < -0.3 is 11.1 Å². The maximum absolute atomic E-state index is 11.8. The lowest BCUT2D eigenvalue weighted by molar-refractivity contribution is -0.121. The zero-order valence-corrected chi connectivity index (χ0v) is 12.3. The van der Waals surface area contributed by atoms with Crippen LogP contribution in [0.25, 0.3) is 0 Å². The minimum Gasteiger partial charge on any atom is -0.398 e. The van der Waals surface area contributed by atoms with Crippen molar-refractivity contribution in [2.75, 3.05) is 18.8 Å². The van der Waals surface area contributed by atoms with Crippen LogP contribution < -0.4 is 11.1 Å². The second-order valence-electron chi connectivity index (χ2n) is 5.57. The quantitative estimate of drug-likeness (QED) is 0.715. The number of nitrogens with two attached hydrogens (primary N) is 1. The van der Waals surface area contributed by atoms with Crippen LogP contribution in [0.15, 0.2) is 24.3 Å². The van der Waals surface area contributed by atoms with Gasteiger partial charge >= 0.3 is 0 Å². The van der Waals surface area contributed by atoms with E-state index in [-0.39, 0.29) is 5.91 Å². The fourth-order valence-electron chi connectivity index (χ4n) is 2.29. The molecule has 4 heteroatoms. The zero-order chi connectivity index (χ0) is 14.4. The predicted molar refractivity (Wildman–Crippen MR) is 82.2 cm³/mol. The van der Waals surface area contributed by atoms with Crippen LogP contribution in [0.3, 0.4) is 0 Å². The second kappa shape index (κ2) is 7.29. The van der Waals surface area contributed by atoms with Gasteiger partial charge in [0.1, 0.15) is 0 Å². The number of nitrogens with one attached hydrogen (secondary N) is 1. The molecule has 0 heterocycles. The average Bonchev–Trinajstić information content (AvgIpc) is 3.23. The van der Waals surface area contributed by atoms with E-state index in [4.69, 9.17) is 5.73 Å². The number of carbonyl (C=O) groups is 1. The van der Waals surface area contributed by atoms with E-state index in [2.05, 4.69) is 23.2 Å². The maximum Gasteiger partial charge on any atom is 0.221 e. The molecule has 1 aromatic rings. The lowest BCUT2D eigenvalue weighted by Gasteiger charge is -2.22. The molecule has 3 N–H and O–H groups in total. The molecule has 0 unspecified atom stereocenters. The third kappa shape index (κ3) is 4.85. The Labute approximate surface area is 121 Å². The van der Waals surface area contributed by atoms with E-state index in [1.807, 2.05) is 18.2 Å². The van der Waals surface area contributed by atoms with E-state index >= 15 is 0 Å². The summed E-state index contributed by atoms with van der Waals surface area (Å²) in [6.07, 6.45) is 3.94. The molecule has 0 aromatic heterocycles. The van der Waals surface area contributed by atoms with Crippen LogP contribution >= 0.6 is 0 Å². The highest BCUT2D eigenvalue weighted by atomic mass is 16.1. The van der Waals surface area contributed by atoms with Crippen LogP contribution in [-0.4, -0.2) is 29.9 Å². The highest BCUT2D eigenvalue weighted by Gasteiger charge is 2.23. The van der Waals surface area contributed by atoms with Crippen molar-refractivity contribution in [1.82, 2.24) is 10.2 Å². The molecule has 1 amide bonds. The van der Waals surface area contributed by atoms with E-state index in [0.29, 0.717) is 12.5 Å². The molecule has 0 saturated heterocycles. The molecule has 20 heavy (non-hydrogen) atoms. The van der Waals surface area contributed by atoms with E-state index in [1.54, 1.807) is 0 Å². The van der Waals surface area contributed by atoms with Gasteiger partial charge in [0.15, 0.2) is 0 Å². The second-order valence-corrected chi connectivity index (χ2v) is 5.57.